The van der Waals surface area contributed by atoms with Gasteiger partial charge in [-0.25, -0.2) is 4.79 Å². The van der Waals surface area contributed by atoms with E-state index in [4.69, 9.17) is 4.42 Å². The molecule has 0 unspecified atom stereocenters. The monoisotopic (exact) mass is 292 g/mol. The molecule has 0 aromatic carbocycles. The van der Waals surface area contributed by atoms with Crippen LogP contribution >= 0.6 is 0 Å². The Morgan fingerprint density at radius 3 is 2.81 bits per heavy atom. The number of carbonyl (C=O) groups excluding carboxylic acids is 1. The number of nitrogens with zero attached hydrogens (tertiary/aromatic N) is 2. The van der Waals surface area contributed by atoms with Gasteiger partial charge in [-0.05, 0) is 19.1 Å². The molecule has 8 heteroatoms. The number of aryl methyl sites for hydroxylation is 1. The van der Waals surface area contributed by atoms with Crippen LogP contribution in [-0.2, 0) is 11.3 Å². The molecule has 2 aromatic heterocycles. The topological polar surface area (TPSA) is 105 Å². The quantitative estimate of drug-likeness (QED) is 0.480. The van der Waals surface area contributed by atoms with Gasteiger partial charge in [-0.1, -0.05) is 0 Å². The van der Waals surface area contributed by atoms with Crippen LogP contribution in [0.15, 0.2) is 33.6 Å². The maximum Gasteiger partial charge on any atom is 0.373 e. The van der Waals surface area contributed by atoms with E-state index in [1.165, 1.54) is 32.2 Å². The Bertz CT molecular complexity index is 758. The van der Waals surface area contributed by atoms with Crippen LogP contribution in [0, 0.1) is 17.0 Å². The van der Waals surface area contributed by atoms with Crippen LogP contribution in [0.2, 0.25) is 0 Å². The second-order valence-electron chi connectivity index (χ2n) is 4.33. The van der Waals surface area contributed by atoms with E-state index >= 15 is 0 Å². The molecule has 8 nitrogen and oxygen atoms in total. The largest absolute Gasteiger partial charge is 0.463 e. The third-order valence-electron chi connectivity index (χ3n) is 2.84. The molecule has 0 aliphatic heterocycles. The molecular weight excluding hydrogens is 280 g/mol. The average Bonchev–Trinajstić information content (AvgIpc) is 2.91. The number of rotatable bonds is 4. The minimum Gasteiger partial charge on any atom is -0.463 e. The average molecular weight is 292 g/mol. The molecule has 2 aromatic rings. The van der Waals surface area contributed by atoms with E-state index in [2.05, 4.69) is 4.74 Å². The van der Waals surface area contributed by atoms with Crippen molar-refractivity contribution >= 4 is 11.7 Å². The smallest absolute Gasteiger partial charge is 0.373 e. The SMILES string of the molecule is COC(=O)c1ccc(Cn2cc([N+](=O)[O-])cc(C)c2=O)o1. The summed E-state index contributed by atoms with van der Waals surface area (Å²) in [6.45, 7) is 1.48. The van der Waals surface area contributed by atoms with Gasteiger partial charge in [-0.15, -0.1) is 0 Å². The van der Waals surface area contributed by atoms with Crippen LogP contribution < -0.4 is 5.56 Å². The lowest BCUT2D eigenvalue weighted by molar-refractivity contribution is -0.385. The fourth-order valence-electron chi connectivity index (χ4n) is 1.82. The third kappa shape index (κ3) is 2.99. The number of pyridine rings is 1. The first kappa shape index (κ1) is 14.5. The number of esters is 1. The Labute approximate surface area is 118 Å². The summed E-state index contributed by atoms with van der Waals surface area (Å²) in [5.74, 6) is -0.316. The lowest BCUT2D eigenvalue weighted by atomic mass is 10.3. The number of nitro groups is 1. The van der Waals surface area contributed by atoms with Crippen LogP contribution in [0.4, 0.5) is 5.69 Å². The van der Waals surface area contributed by atoms with Gasteiger partial charge in [0.25, 0.3) is 11.2 Å². The first-order valence-corrected chi connectivity index (χ1v) is 5.95. The van der Waals surface area contributed by atoms with Crippen molar-refractivity contribution in [2.45, 2.75) is 13.5 Å². The minimum atomic E-state index is -0.635. The van der Waals surface area contributed by atoms with E-state index < -0.39 is 10.9 Å². The maximum absolute atomic E-state index is 12.0. The molecule has 0 aliphatic rings. The summed E-state index contributed by atoms with van der Waals surface area (Å²) in [5.41, 5.74) is -0.299. The molecule has 0 spiro atoms. The van der Waals surface area contributed by atoms with Gasteiger partial charge in [0.2, 0.25) is 5.76 Å². The van der Waals surface area contributed by atoms with Gasteiger partial charge in [0.05, 0.1) is 24.8 Å². The highest BCUT2D eigenvalue weighted by Crippen LogP contribution is 2.13. The Morgan fingerprint density at radius 2 is 2.19 bits per heavy atom. The third-order valence-corrected chi connectivity index (χ3v) is 2.84. The van der Waals surface area contributed by atoms with Crippen LogP contribution in [0.3, 0.4) is 0 Å². The maximum atomic E-state index is 12.0. The van der Waals surface area contributed by atoms with E-state index in [9.17, 15) is 19.7 Å². The molecule has 0 amide bonds. The molecule has 0 aliphatic carbocycles. The van der Waals surface area contributed by atoms with E-state index in [0.29, 0.717) is 5.76 Å². The zero-order valence-electron chi connectivity index (χ0n) is 11.4. The molecule has 0 saturated heterocycles. The van der Waals surface area contributed by atoms with Crippen molar-refractivity contribution in [2.24, 2.45) is 0 Å². The predicted octanol–water partition coefficient (Wildman–Crippen LogP) is 1.49. The highest BCUT2D eigenvalue weighted by atomic mass is 16.6. The second-order valence-corrected chi connectivity index (χ2v) is 4.33. The van der Waals surface area contributed by atoms with Gasteiger partial charge in [0.15, 0.2) is 0 Å². The van der Waals surface area contributed by atoms with E-state index in [-0.39, 0.29) is 29.1 Å². The van der Waals surface area contributed by atoms with Crippen molar-refractivity contribution in [1.82, 2.24) is 4.57 Å². The van der Waals surface area contributed by atoms with Crippen molar-refractivity contribution in [3.05, 3.63) is 61.9 Å². The van der Waals surface area contributed by atoms with Crippen LogP contribution in [0.1, 0.15) is 21.9 Å². The van der Waals surface area contributed by atoms with E-state index in [0.717, 1.165) is 10.8 Å². The van der Waals surface area contributed by atoms with Crippen molar-refractivity contribution < 1.29 is 18.9 Å². The standard InChI is InChI=1S/C13H12N2O6/c1-8-5-9(15(18)19)6-14(12(8)16)7-10-3-4-11(21-10)13(17)20-2/h3-6H,7H2,1-2H3. The lowest BCUT2D eigenvalue weighted by Crippen LogP contribution is -2.22. The summed E-state index contributed by atoms with van der Waals surface area (Å²) in [5, 5.41) is 10.8. The van der Waals surface area contributed by atoms with Gasteiger partial charge in [-0.3, -0.25) is 14.9 Å². The molecule has 0 saturated carbocycles. The normalized spacial score (nSPS) is 10.4. The van der Waals surface area contributed by atoms with E-state index in [1.54, 1.807) is 0 Å². The number of hydrogen-bond donors (Lipinski definition) is 0. The summed E-state index contributed by atoms with van der Waals surface area (Å²) in [7, 11) is 1.22. The fraction of sp³-hybridized carbons (Fsp3) is 0.231. The minimum absolute atomic E-state index is 0.00250. The van der Waals surface area contributed by atoms with Gasteiger partial charge in [-0.2, -0.15) is 0 Å². The van der Waals surface area contributed by atoms with Crippen molar-refractivity contribution in [3.63, 3.8) is 0 Å². The molecule has 0 atom stereocenters. The number of carbonyl (C=O) groups is 1. The van der Waals surface area contributed by atoms with Gasteiger partial charge in [0, 0.05) is 11.6 Å². The van der Waals surface area contributed by atoms with Crippen LogP contribution in [0.5, 0.6) is 0 Å². The van der Waals surface area contributed by atoms with Gasteiger partial charge >= 0.3 is 5.97 Å². The highest BCUT2D eigenvalue weighted by molar-refractivity contribution is 5.86. The lowest BCUT2D eigenvalue weighted by Gasteiger charge is -2.04. The molecule has 0 N–H and O–H groups in total. The molecule has 110 valence electrons. The summed E-state index contributed by atoms with van der Waals surface area (Å²) in [4.78, 5) is 33.5. The summed E-state index contributed by atoms with van der Waals surface area (Å²) < 4.78 is 10.9. The first-order chi connectivity index (χ1) is 9.92. The Hall–Kier alpha value is -2.90. The molecule has 0 fully saturated rings. The fourth-order valence-corrected chi connectivity index (χ4v) is 1.82. The molecular formula is C13H12N2O6. The number of methoxy groups -OCH3 is 1. The first-order valence-electron chi connectivity index (χ1n) is 5.95. The molecule has 2 rings (SSSR count). The Kier molecular flexibility index (Phi) is 3.88. The number of hydrogen-bond acceptors (Lipinski definition) is 6. The summed E-state index contributed by atoms with van der Waals surface area (Å²) >= 11 is 0. The molecule has 0 radical (unpaired) electrons. The highest BCUT2D eigenvalue weighted by Gasteiger charge is 2.15. The molecule has 2 heterocycles. The van der Waals surface area contributed by atoms with Crippen LogP contribution in [0.25, 0.3) is 0 Å². The predicted molar refractivity (Wildman–Crippen MR) is 71.2 cm³/mol. The molecule has 0 bridgehead atoms. The van der Waals surface area contributed by atoms with Crippen molar-refractivity contribution in [2.75, 3.05) is 7.11 Å². The zero-order chi connectivity index (χ0) is 15.6. The number of furan rings is 1. The number of aromatic nitrogens is 1. The van der Waals surface area contributed by atoms with Crippen molar-refractivity contribution in [3.8, 4) is 0 Å². The summed E-state index contributed by atoms with van der Waals surface area (Å²) in [6, 6.07) is 4.13. The van der Waals surface area contributed by atoms with E-state index in [1.807, 2.05) is 0 Å². The van der Waals surface area contributed by atoms with Gasteiger partial charge in [0.1, 0.15) is 5.76 Å². The number of ether oxygens (including phenoxy) is 1. The Morgan fingerprint density at radius 1 is 1.48 bits per heavy atom. The zero-order valence-corrected chi connectivity index (χ0v) is 11.4. The Balaban J connectivity index is 2.35. The molecule has 21 heavy (non-hydrogen) atoms. The van der Waals surface area contributed by atoms with Crippen LogP contribution in [-0.4, -0.2) is 22.6 Å². The van der Waals surface area contributed by atoms with Gasteiger partial charge < -0.3 is 13.7 Å². The summed E-state index contributed by atoms with van der Waals surface area (Å²) in [6.07, 6.45) is 1.13. The van der Waals surface area contributed by atoms with Crippen molar-refractivity contribution in [1.29, 1.82) is 0 Å². The second kappa shape index (κ2) is 5.61.